The Hall–Kier alpha value is -0.390. The van der Waals surface area contributed by atoms with Gasteiger partial charge in [0.15, 0.2) is 0 Å². The van der Waals surface area contributed by atoms with E-state index in [-0.39, 0.29) is 6.42 Å². The van der Waals surface area contributed by atoms with Crippen LogP contribution >= 0.6 is 27.3 Å². The minimum absolute atomic E-state index is 0.0287. The van der Waals surface area contributed by atoms with Crippen LogP contribution in [0.5, 0.6) is 0 Å². The highest BCUT2D eigenvalue weighted by Gasteiger charge is 2.14. The normalized spacial score (nSPS) is 12.8. The number of hydrogen-bond acceptors (Lipinski definition) is 3. The summed E-state index contributed by atoms with van der Waals surface area (Å²) in [6.07, 6.45) is -0.0287. The van der Waals surface area contributed by atoms with E-state index in [1.54, 1.807) is 0 Å². The molecule has 0 bridgehead atoms. The van der Waals surface area contributed by atoms with Crippen molar-refractivity contribution in [2.45, 2.75) is 12.5 Å². The Morgan fingerprint density at radius 2 is 2.50 bits per heavy atom. The highest BCUT2D eigenvalue weighted by atomic mass is 79.9. The molecule has 3 nitrogen and oxygen atoms in total. The summed E-state index contributed by atoms with van der Waals surface area (Å²) in [7, 11) is 0. The van der Waals surface area contributed by atoms with Gasteiger partial charge in [-0.2, -0.15) is 0 Å². The number of halogens is 1. The number of aliphatic carboxylic acids is 1. The van der Waals surface area contributed by atoms with E-state index in [2.05, 4.69) is 15.9 Å². The Morgan fingerprint density at radius 3 is 2.92 bits per heavy atom. The number of carboxylic acids is 1. The Labute approximate surface area is 82.3 Å². The van der Waals surface area contributed by atoms with E-state index in [1.165, 1.54) is 11.3 Å². The molecule has 0 saturated carbocycles. The van der Waals surface area contributed by atoms with Gasteiger partial charge in [-0.05, 0) is 27.4 Å². The fraction of sp³-hybridized carbons (Fsp3) is 0.286. The van der Waals surface area contributed by atoms with Crippen LogP contribution in [0.15, 0.2) is 15.9 Å². The van der Waals surface area contributed by atoms with E-state index < -0.39 is 12.0 Å². The minimum atomic E-state index is -0.872. The van der Waals surface area contributed by atoms with Gasteiger partial charge in [-0.15, -0.1) is 11.3 Å². The van der Waals surface area contributed by atoms with Crippen molar-refractivity contribution in [3.05, 3.63) is 20.8 Å². The zero-order valence-corrected chi connectivity index (χ0v) is 8.56. The fourth-order valence-corrected chi connectivity index (χ4v) is 2.52. The SMILES string of the molecule is N[C@H](CC(=O)O)c1sccc1Br. The molecule has 0 unspecified atom stereocenters. The number of hydrogen-bond donors (Lipinski definition) is 2. The third-order valence-corrected chi connectivity index (χ3v) is 3.38. The van der Waals surface area contributed by atoms with Gasteiger partial charge < -0.3 is 10.8 Å². The summed E-state index contributed by atoms with van der Waals surface area (Å²) < 4.78 is 0.890. The number of carboxylic acid groups (broad SMARTS) is 1. The maximum absolute atomic E-state index is 10.3. The molecule has 0 aromatic carbocycles. The Kier molecular flexibility index (Phi) is 3.25. The summed E-state index contributed by atoms with van der Waals surface area (Å²) in [6.45, 7) is 0. The van der Waals surface area contributed by atoms with Crippen LogP contribution in [0.4, 0.5) is 0 Å². The zero-order valence-electron chi connectivity index (χ0n) is 6.16. The largest absolute Gasteiger partial charge is 0.481 e. The van der Waals surface area contributed by atoms with Crippen molar-refractivity contribution in [3.63, 3.8) is 0 Å². The molecular formula is C7H8BrNO2S. The molecule has 66 valence electrons. The average molecular weight is 250 g/mol. The minimum Gasteiger partial charge on any atom is -0.481 e. The lowest BCUT2D eigenvalue weighted by Crippen LogP contribution is -2.13. The number of rotatable bonds is 3. The summed E-state index contributed by atoms with van der Waals surface area (Å²) >= 11 is 4.76. The fourth-order valence-electron chi connectivity index (χ4n) is 0.851. The molecule has 0 saturated heterocycles. The van der Waals surface area contributed by atoms with Crippen molar-refractivity contribution in [1.29, 1.82) is 0 Å². The monoisotopic (exact) mass is 249 g/mol. The first-order valence-corrected chi connectivity index (χ1v) is 4.99. The van der Waals surface area contributed by atoms with Crippen molar-refractivity contribution in [3.8, 4) is 0 Å². The first-order chi connectivity index (χ1) is 5.61. The lowest BCUT2D eigenvalue weighted by atomic mass is 10.2. The molecule has 0 fully saturated rings. The molecule has 5 heteroatoms. The van der Waals surface area contributed by atoms with Gasteiger partial charge in [0.1, 0.15) is 0 Å². The molecule has 0 aliphatic carbocycles. The third kappa shape index (κ3) is 2.30. The lowest BCUT2D eigenvalue weighted by molar-refractivity contribution is -0.137. The van der Waals surface area contributed by atoms with Gasteiger partial charge in [-0.3, -0.25) is 4.79 Å². The predicted molar refractivity (Wildman–Crippen MR) is 51.2 cm³/mol. The summed E-state index contributed by atoms with van der Waals surface area (Å²) in [6, 6.07) is 1.46. The molecule has 0 amide bonds. The van der Waals surface area contributed by atoms with Crippen LogP contribution in [-0.4, -0.2) is 11.1 Å². The van der Waals surface area contributed by atoms with Crippen LogP contribution in [-0.2, 0) is 4.79 Å². The molecule has 1 rings (SSSR count). The Bertz CT molecular complexity index is 287. The van der Waals surface area contributed by atoms with Crippen molar-refractivity contribution >= 4 is 33.2 Å². The number of carbonyl (C=O) groups is 1. The van der Waals surface area contributed by atoms with Crippen LogP contribution in [0.1, 0.15) is 17.3 Å². The average Bonchev–Trinajstić information content (AvgIpc) is 2.33. The Morgan fingerprint density at radius 1 is 1.83 bits per heavy atom. The maximum Gasteiger partial charge on any atom is 0.305 e. The van der Waals surface area contributed by atoms with E-state index in [4.69, 9.17) is 10.8 Å². The van der Waals surface area contributed by atoms with Crippen molar-refractivity contribution in [2.75, 3.05) is 0 Å². The van der Waals surface area contributed by atoms with Crippen LogP contribution in [0.3, 0.4) is 0 Å². The first kappa shape index (κ1) is 9.70. The first-order valence-electron chi connectivity index (χ1n) is 3.31. The van der Waals surface area contributed by atoms with Gasteiger partial charge in [-0.25, -0.2) is 0 Å². The van der Waals surface area contributed by atoms with Gasteiger partial charge in [0.25, 0.3) is 0 Å². The van der Waals surface area contributed by atoms with Gasteiger partial charge in [-0.1, -0.05) is 0 Å². The molecule has 1 atom stereocenters. The smallest absolute Gasteiger partial charge is 0.305 e. The third-order valence-electron chi connectivity index (χ3n) is 1.38. The summed E-state index contributed by atoms with van der Waals surface area (Å²) in [4.78, 5) is 11.2. The molecule has 0 radical (unpaired) electrons. The second kappa shape index (κ2) is 4.02. The van der Waals surface area contributed by atoms with Gasteiger partial charge >= 0.3 is 5.97 Å². The lowest BCUT2D eigenvalue weighted by Gasteiger charge is -2.06. The van der Waals surface area contributed by atoms with Crippen molar-refractivity contribution in [1.82, 2.24) is 0 Å². The van der Waals surface area contributed by atoms with Crippen LogP contribution < -0.4 is 5.73 Å². The van der Waals surface area contributed by atoms with Gasteiger partial charge in [0.05, 0.1) is 12.5 Å². The zero-order chi connectivity index (χ0) is 9.14. The van der Waals surface area contributed by atoms with Crippen molar-refractivity contribution < 1.29 is 9.90 Å². The second-order valence-corrected chi connectivity index (χ2v) is 4.14. The molecule has 1 aromatic heterocycles. The van der Waals surface area contributed by atoms with E-state index in [0.717, 1.165) is 9.35 Å². The number of nitrogens with two attached hydrogens (primary N) is 1. The van der Waals surface area contributed by atoms with E-state index >= 15 is 0 Å². The van der Waals surface area contributed by atoms with E-state index in [9.17, 15) is 4.79 Å². The van der Waals surface area contributed by atoms with Crippen molar-refractivity contribution in [2.24, 2.45) is 5.73 Å². The molecule has 1 heterocycles. The van der Waals surface area contributed by atoms with Crippen LogP contribution in [0, 0.1) is 0 Å². The van der Waals surface area contributed by atoms with E-state index in [0.29, 0.717) is 0 Å². The van der Waals surface area contributed by atoms with Crippen LogP contribution in [0.25, 0.3) is 0 Å². The summed E-state index contributed by atoms with van der Waals surface area (Å²) in [5.41, 5.74) is 5.64. The summed E-state index contributed by atoms with van der Waals surface area (Å²) in [5, 5.41) is 10.4. The second-order valence-electron chi connectivity index (χ2n) is 2.34. The maximum atomic E-state index is 10.3. The Balaban J connectivity index is 2.71. The molecule has 1 aromatic rings. The molecule has 3 N–H and O–H groups in total. The van der Waals surface area contributed by atoms with Crippen LogP contribution in [0.2, 0.25) is 0 Å². The molecule has 12 heavy (non-hydrogen) atoms. The molecule has 0 spiro atoms. The molecular weight excluding hydrogens is 242 g/mol. The van der Waals surface area contributed by atoms with E-state index in [1.807, 2.05) is 11.4 Å². The molecule has 0 aliphatic heterocycles. The number of thiophene rings is 1. The quantitative estimate of drug-likeness (QED) is 0.862. The van der Waals surface area contributed by atoms with Gasteiger partial charge in [0.2, 0.25) is 0 Å². The topological polar surface area (TPSA) is 63.3 Å². The highest BCUT2D eigenvalue weighted by molar-refractivity contribution is 9.10. The standard InChI is InChI=1S/C7H8BrNO2S/c8-4-1-2-12-7(4)5(9)3-6(10)11/h1-2,5H,3,9H2,(H,10,11)/t5-/m1/s1. The van der Waals surface area contributed by atoms with Gasteiger partial charge in [0, 0.05) is 9.35 Å². The highest BCUT2D eigenvalue weighted by Crippen LogP contribution is 2.29. The summed E-state index contributed by atoms with van der Waals surface area (Å²) in [5.74, 6) is -0.872. The predicted octanol–water partition coefficient (Wildman–Crippen LogP) is 1.99. The molecule has 0 aliphatic rings.